The summed E-state index contributed by atoms with van der Waals surface area (Å²) < 4.78 is 0. The van der Waals surface area contributed by atoms with Crippen molar-refractivity contribution in [2.24, 2.45) is 0 Å². The van der Waals surface area contributed by atoms with E-state index in [1.54, 1.807) is 0 Å². The van der Waals surface area contributed by atoms with E-state index in [4.69, 9.17) is 5.26 Å². The molecular formula is C12H15N3O. The van der Waals surface area contributed by atoms with Crippen LogP contribution < -0.4 is 10.6 Å². The lowest BCUT2D eigenvalue weighted by atomic mass is 10.2. The average molecular weight is 217 g/mol. The average Bonchev–Trinajstić information content (AvgIpc) is 2.33. The van der Waals surface area contributed by atoms with Crippen molar-refractivity contribution in [1.29, 1.82) is 5.26 Å². The van der Waals surface area contributed by atoms with Crippen LogP contribution in [-0.2, 0) is 6.54 Å². The highest BCUT2D eigenvalue weighted by molar-refractivity contribution is 5.73. The summed E-state index contributed by atoms with van der Waals surface area (Å²) in [5.74, 6) is 0. The van der Waals surface area contributed by atoms with Crippen LogP contribution in [0, 0.1) is 11.3 Å². The molecule has 0 radical (unpaired) electrons. The normalized spacial score (nSPS) is 9.19. The van der Waals surface area contributed by atoms with E-state index < -0.39 is 0 Å². The van der Waals surface area contributed by atoms with Gasteiger partial charge in [0.2, 0.25) is 0 Å². The van der Waals surface area contributed by atoms with E-state index in [1.165, 1.54) is 0 Å². The molecule has 0 unspecified atom stereocenters. The maximum Gasteiger partial charge on any atom is 0.315 e. The van der Waals surface area contributed by atoms with Crippen molar-refractivity contribution < 1.29 is 4.79 Å². The Labute approximate surface area is 95.3 Å². The fourth-order valence-electron chi connectivity index (χ4n) is 1.21. The molecule has 2 amide bonds. The number of benzene rings is 1. The van der Waals surface area contributed by atoms with Crippen molar-refractivity contribution in [1.82, 2.24) is 10.6 Å². The second-order valence-corrected chi connectivity index (χ2v) is 3.36. The fourth-order valence-corrected chi connectivity index (χ4v) is 1.21. The highest BCUT2D eigenvalue weighted by Crippen LogP contribution is 1.96. The van der Waals surface area contributed by atoms with E-state index in [0.29, 0.717) is 25.9 Å². The molecule has 0 aliphatic carbocycles. The Morgan fingerprint density at radius 2 is 2.00 bits per heavy atom. The zero-order valence-electron chi connectivity index (χ0n) is 9.07. The summed E-state index contributed by atoms with van der Waals surface area (Å²) in [6.07, 6.45) is 1.16. The molecule has 0 bridgehead atoms. The molecule has 0 aliphatic heterocycles. The van der Waals surface area contributed by atoms with Gasteiger partial charge in [0.1, 0.15) is 0 Å². The summed E-state index contributed by atoms with van der Waals surface area (Å²) in [6, 6.07) is 11.5. The van der Waals surface area contributed by atoms with Crippen LogP contribution in [-0.4, -0.2) is 12.6 Å². The van der Waals surface area contributed by atoms with Crippen LogP contribution in [0.4, 0.5) is 4.79 Å². The Hall–Kier alpha value is -2.02. The summed E-state index contributed by atoms with van der Waals surface area (Å²) in [5, 5.41) is 13.7. The SMILES string of the molecule is N#CCCCNC(=O)NCc1ccccc1. The Kier molecular flexibility index (Phi) is 5.49. The molecule has 0 spiro atoms. The lowest BCUT2D eigenvalue weighted by Crippen LogP contribution is -2.35. The molecule has 0 saturated carbocycles. The molecule has 1 rings (SSSR count). The van der Waals surface area contributed by atoms with Gasteiger partial charge in [0.15, 0.2) is 0 Å². The molecule has 0 atom stereocenters. The Morgan fingerprint density at radius 1 is 1.25 bits per heavy atom. The van der Waals surface area contributed by atoms with Crippen molar-refractivity contribution in [2.75, 3.05) is 6.54 Å². The number of rotatable bonds is 5. The monoisotopic (exact) mass is 217 g/mol. The second kappa shape index (κ2) is 7.30. The minimum absolute atomic E-state index is 0.193. The van der Waals surface area contributed by atoms with Crippen LogP contribution in [0.15, 0.2) is 30.3 Å². The summed E-state index contributed by atoms with van der Waals surface area (Å²) in [6.45, 7) is 1.05. The third-order valence-corrected chi connectivity index (χ3v) is 2.05. The highest BCUT2D eigenvalue weighted by Gasteiger charge is 1.98. The molecule has 2 N–H and O–H groups in total. The third-order valence-electron chi connectivity index (χ3n) is 2.05. The number of amides is 2. The van der Waals surface area contributed by atoms with E-state index in [0.717, 1.165) is 5.56 Å². The summed E-state index contributed by atoms with van der Waals surface area (Å²) in [7, 11) is 0. The number of nitrogens with zero attached hydrogens (tertiary/aromatic N) is 1. The van der Waals surface area contributed by atoms with Gasteiger partial charge in [0.05, 0.1) is 6.07 Å². The minimum Gasteiger partial charge on any atom is -0.338 e. The maximum atomic E-state index is 11.3. The molecule has 1 aromatic carbocycles. The summed E-state index contributed by atoms with van der Waals surface area (Å²) >= 11 is 0. The smallest absolute Gasteiger partial charge is 0.315 e. The van der Waals surface area contributed by atoms with Crippen molar-refractivity contribution in [3.63, 3.8) is 0 Å². The first kappa shape index (κ1) is 12.1. The van der Waals surface area contributed by atoms with E-state index in [-0.39, 0.29) is 6.03 Å². The number of nitrogens with one attached hydrogen (secondary N) is 2. The molecule has 1 aromatic rings. The predicted octanol–water partition coefficient (Wildman–Crippen LogP) is 1.79. The molecule has 0 saturated heterocycles. The zero-order valence-corrected chi connectivity index (χ0v) is 9.07. The van der Waals surface area contributed by atoms with Gasteiger partial charge >= 0.3 is 6.03 Å². The van der Waals surface area contributed by atoms with Gasteiger partial charge in [-0.3, -0.25) is 0 Å². The molecule has 16 heavy (non-hydrogen) atoms. The molecular weight excluding hydrogens is 202 g/mol. The summed E-state index contributed by atoms with van der Waals surface area (Å²) in [4.78, 5) is 11.3. The van der Waals surface area contributed by atoms with E-state index in [1.807, 2.05) is 36.4 Å². The number of carbonyl (C=O) groups is 1. The number of urea groups is 1. The molecule has 84 valence electrons. The van der Waals surface area contributed by atoms with Crippen molar-refractivity contribution in [3.8, 4) is 6.07 Å². The quantitative estimate of drug-likeness (QED) is 0.738. The number of unbranched alkanes of at least 4 members (excludes halogenated alkanes) is 1. The lowest BCUT2D eigenvalue weighted by molar-refractivity contribution is 0.240. The molecule has 4 nitrogen and oxygen atoms in total. The first-order valence-corrected chi connectivity index (χ1v) is 5.25. The third kappa shape index (κ3) is 5.01. The molecule has 0 aliphatic rings. The lowest BCUT2D eigenvalue weighted by Gasteiger charge is -2.06. The molecule has 4 heteroatoms. The van der Waals surface area contributed by atoms with Gasteiger partial charge in [0.25, 0.3) is 0 Å². The van der Waals surface area contributed by atoms with Crippen molar-refractivity contribution >= 4 is 6.03 Å². The fraction of sp³-hybridized carbons (Fsp3) is 0.333. The maximum absolute atomic E-state index is 11.3. The van der Waals surface area contributed by atoms with Gasteiger partial charge in [-0.2, -0.15) is 5.26 Å². The zero-order chi connectivity index (χ0) is 11.6. The van der Waals surface area contributed by atoms with Gasteiger partial charge in [-0.1, -0.05) is 30.3 Å². The van der Waals surface area contributed by atoms with E-state index >= 15 is 0 Å². The van der Waals surface area contributed by atoms with Crippen molar-refractivity contribution in [3.05, 3.63) is 35.9 Å². The van der Waals surface area contributed by atoms with Gasteiger partial charge in [-0.15, -0.1) is 0 Å². The Balaban J connectivity index is 2.14. The molecule has 0 heterocycles. The summed E-state index contributed by atoms with van der Waals surface area (Å²) in [5.41, 5.74) is 1.06. The van der Waals surface area contributed by atoms with Crippen LogP contribution in [0.25, 0.3) is 0 Å². The Bertz CT molecular complexity index is 356. The van der Waals surface area contributed by atoms with Crippen LogP contribution in [0.3, 0.4) is 0 Å². The largest absolute Gasteiger partial charge is 0.338 e. The minimum atomic E-state index is -0.193. The van der Waals surface area contributed by atoms with Crippen molar-refractivity contribution in [2.45, 2.75) is 19.4 Å². The van der Waals surface area contributed by atoms with Gasteiger partial charge < -0.3 is 10.6 Å². The molecule has 0 aromatic heterocycles. The first-order chi connectivity index (χ1) is 7.83. The van der Waals surface area contributed by atoms with E-state index in [9.17, 15) is 4.79 Å². The number of carbonyl (C=O) groups excluding carboxylic acids is 1. The Morgan fingerprint density at radius 3 is 2.69 bits per heavy atom. The molecule has 0 fully saturated rings. The van der Waals surface area contributed by atoms with Crippen LogP contribution >= 0.6 is 0 Å². The predicted molar refractivity (Wildman–Crippen MR) is 61.5 cm³/mol. The van der Waals surface area contributed by atoms with E-state index in [2.05, 4.69) is 10.6 Å². The van der Waals surface area contributed by atoms with Gasteiger partial charge in [-0.25, -0.2) is 4.79 Å². The van der Waals surface area contributed by atoms with Crippen LogP contribution in [0.5, 0.6) is 0 Å². The van der Waals surface area contributed by atoms with Gasteiger partial charge in [-0.05, 0) is 12.0 Å². The second-order valence-electron chi connectivity index (χ2n) is 3.36. The number of nitriles is 1. The van der Waals surface area contributed by atoms with Crippen LogP contribution in [0.2, 0.25) is 0 Å². The number of hydrogen-bond donors (Lipinski definition) is 2. The van der Waals surface area contributed by atoms with Gasteiger partial charge in [0, 0.05) is 19.5 Å². The standard InChI is InChI=1S/C12H15N3O/c13-8-4-5-9-14-12(16)15-10-11-6-2-1-3-7-11/h1-3,6-7H,4-5,9-10H2,(H2,14,15,16). The highest BCUT2D eigenvalue weighted by atomic mass is 16.2. The first-order valence-electron chi connectivity index (χ1n) is 5.25. The number of hydrogen-bond acceptors (Lipinski definition) is 2. The van der Waals surface area contributed by atoms with Crippen LogP contribution in [0.1, 0.15) is 18.4 Å². The topological polar surface area (TPSA) is 64.9 Å².